The standard InChI is InChI=1S/C45H27N3O/c1-2-12-30(13-3-1)43-46-44(34-21-19-29-11-5-7-15-32(29)25-34)48-45(47-43)35-22-23-38-40(26-35)49-41-27-39(36-16-8-9-17-37(36)42(38)41)33-20-18-28-10-4-6-14-31(28)24-33/h1-27H. The summed E-state index contributed by atoms with van der Waals surface area (Å²) >= 11 is 0. The zero-order chi connectivity index (χ0) is 32.3. The predicted octanol–water partition coefficient (Wildman–Crippen LogP) is 11.9. The van der Waals surface area contributed by atoms with Crippen LogP contribution in [0, 0.1) is 0 Å². The largest absolute Gasteiger partial charge is 0.456 e. The molecule has 10 rings (SSSR count). The van der Waals surface area contributed by atoms with Gasteiger partial charge in [-0.2, -0.15) is 0 Å². The number of hydrogen-bond acceptors (Lipinski definition) is 4. The summed E-state index contributed by atoms with van der Waals surface area (Å²) in [7, 11) is 0. The second kappa shape index (κ2) is 11.0. The van der Waals surface area contributed by atoms with Gasteiger partial charge in [-0.15, -0.1) is 0 Å². The molecule has 0 aliphatic carbocycles. The Kier molecular flexibility index (Phi) is 6.15. The maximum absolute atomic E-state index is 6.68. The molecular formula is C45H27N3O. The molecule has 2 heterocycles. The van der Waals surface area contributed by atoms with Crippen LogP contribution in [-0.2, 0) is 0 Å². The third kappa shape index (κ3) is 4.65. The Morgan fingerprint density at radius 2 is 0.857 bits per heavy atom. The van der Waals surface area contributed by atoms with E-state index in [4.69, 9.17) is 19.4 Å². The van der Waals surface area contributed by atoms with Gasteiger partial charge in [0.2, 0.25) is 0 Å². The second-order valence-corrected chi connectivity index (χ2v) is 12.5. The SMILES string of the molecule is c1ccc(-c2nc(-c3ccc4ccccc4c3)nc(-c3ccc4c(c3)oc3cc(-c5ccc6ccccc6c5)c5ccccc5c34)n2)cc1. The van der Waals surface area contributed by atoms with Crippen molar-refractivity contribution in [2.24, 2.45) is 0 Å². The van der Waals surface area contributed by atoms with Crippen LogP contribution in [0.2, 0.25) is 0 Å². The van der Waals surface area contributed by atoms with Crippen molar-refractivity contribution in [2.45, 2.75) is 0 Å². The average molecular weight is 626 g/mol. The normalized spacial score (nSPS) is 11.7. The smallest absolute Gasteiger partial charge is 0.164 e. The molecule has 0 saturated heterocycles. The minimum atomic E-state index is 0.598. The molecule has 0 aliphatic rings. The van der Waals surface area contributed by atoms with E-state index in [0.29, 0.717) is 17.5 Å². The molecule has 49 heavy (non-hydrogen) atoms. The number of furan rings is 1. The van der Waals surface area contributed by atoms with Gasteiger partial charge in [0.25, 0.3) is 0 Å². The summed E-state index contributed by atoms with van der Waals surface area (Å²) < 4.78 is 6.68. The first kappa shape index (κ1) is 27.5. The summed E-state index contributed by atoms with van der Waals surface area (Å²) in [5.41, 5.74) is 6.71. The van der Waals surface area contributed by atoms with Crippen LogP contribution < -0.4 is 0 Å². The van der Waals surface area contributed by atoms with E-state index >= 15 is 0 Å². The fourth-order valence-corrected chi connectivity index (χ4v) is 7.05. The maximum atomic E-state index is 6.68. The molecule has 0 radical (unpaired) electrons. The number of rotatable bonds is 4. The molecule has 8 aromatic carbocycles. The van der Waals surface area contributed by atoms with E-state index < -0.39 is 0 Å². The minimum Gasteiger partial charge on any atom is -0.456 e. The van der Waals surface area contributed by atoms with Crippen LogP contribution in [0.5, 0.6) is 0 Å². The summed E-state index contributed by atoms with van der Waals surface area (Å²) in [4.78, 5) is 15.0. The third-order valence-electron chi connectivity index (χ3n) is 9.47. The lowest BCUT2D eigenvalue weighted by Crippen LogP contribution is -2.00. The van der Waals surface area contributed by atoms with Crippen LogP contribution in [-0.4, -0.2) is 15.0 Å². The van der Waals surface area contributed by atoms with Crippen LogP contribution in [0.4, 0.5) is 0 Å². The van der Waals surface area contributed by atoms with Gasteiger partial charge in [0, 0.05) is 27.5 Å². The molecule has 10 aromatic rings. The number of benzene rings is 8. The van der Waals surface area contributed by atoms with Gasteiger partial charge in [-0.3, -0.25) is 0 Å². The number of nitrogens with zero attached hydrogens (tertiary/aromatic N) is 3. The molecule has 0 unspecified atom stereocenters. The van der Waals surface area contributed by atoms with Crippen molar-refractivity contribution in [1.29, 1.82) is 0 Å². The highest BCUT2D eigenvalue weighted by molar-refractivity contribution is 6.22. The number of hydrogen-bond donors (Lipinski definition) is 0. The minimum absolute atomic E-state index is 0.598. The highest BCUT2D eigenvalue weighted by atomic mass is 16.3. The van der Waals surface area contributed by atoms with Crippen LogP contribution in [0.15, 0.2) is 168 Å². The maximum Gasteiger partial charge on any atom is 0.164 e. The van der Waals surface area contributed by atoms with E-state index in [1.54, 1.807) is 0 Å². The zero-order valence-corrected chi connectivity index (χ0v) is 26.3. The molecule has 0 fully saturated rings. The fraction of sp³-hybridized carbons (Fsp3) is 0. The summed E-state index contributed by atoms with van der Waals surface area (Å²) in [6.45, 7) is 0. The van der Waals surface area contributed by atoms with Gasteiger partial charge in [-0.1, -0.05) is 133 Å². The Hall–Kier alpha value is -6.65. The van der Waals surface area contributed by atoms with Crippen LogP contribution in [0.1, 0.15) is 0 Å². The van der Waals surface area contributed by atoms with Gasteiger partial charge in [0.05, 0.1) is 0 Å². The van der Waals surface area contributed by atoms with Gasteiger partial charge < -0.3 is 4.42 Å². The Morgan fingerprint density at radius 1 is 0.327 bits per heavy atom. The molecule has 0 atom stereocenters. The zero-order valence-electron chi connectivity index (χ0n) is 26.3. The Morgan fingerprint density at radius 3 is 1.57 bits per heavy atom. The fourth-order valence-electron chi connectivity index (χ4n) is 7.05. The lowest BCUT2D eigenvalue weighted by molar-refractivity contribution is 0.669. The topological polar surface area (TPSA) is 51.8 Å². The third-order valence-corrected chi connectivity index (χ3v) is 9.47. The Bertz CT molecular complexity index is 2890. The van der Waals surface area contributed by atoms with Crippen molar-refractivity contribution in [1.82, 2.24) is 15.0 Å². The van der Waals surface area contributed by atoms with E-state index in [-0.39, 0.29) is 0 Å². The van der Waals surface area contributed by atoms with Gasteiger partial charge in [0.15, 0.2) is 17.5 Å². The van der Waals surface area contributed by atoms with Crippen LogP contribution in [0.25, 0.3) is 99.5 Å². The van der Waals surface area contributed by atoms with Crippen molar-refractivity contribution in [2.75, 3.05) is 0 Å². The number of fused-ring (bicyclic) bond motifs is 7. The van der Waals surface area contributed by atoms with E-state index in [1.807, 2.05) is 30.3 Å². The average Bonchev–Trinajstić information content (AvgIpc) is 3.55. The second-order valence-electron chi connectivity index (χ2n) is 12.5. The molecule has 0 spiro atoms. The lowest BCUT2D eigenvalue weighted by atomic mass is 9.93. The monoisotopic (exact) mass is 625 g/mol. The van der Waals surface area contributed by atoms with Gasteiger partial charge in [-0.05, 0) is 73.8 Å². The Balaban J connectivity index is 1.15. The van der Waals surface area contributed by atoms with Gasteiger partial charge in [-0.25, -0.2) is 15.0 Å². The first-order valence-electron chi connectivity index (χ1n) is 16.4. The van der Waals surface area contributed by atoms with Crippen molar-refractivity contribution < 1.29 is 4.42 Å². The van der Waals surface area contributed by atoms with E-state index in [2.05, 4.69) is 133 Å². The summed E-state index contributed by atoms with van der Waals surface area (Å²) in [5.74, 6) is 1.86. The molecule has 228 valence electrons. The van der Waals surface area contributed by atoms with Gasteiger partial charge in [0.1, 0.15) is 11.2 Å². The predicted molar refractivity (Wildman–Crippen MR) is 201 cm³/mol. The molecule has 0 bridgehead atoms. The molecule has 0 amide bonds. The van der Waals surface area contributed by atoms with Crippen LogP contribution >= 0.6 is 0 Å². The van der Waals surface area contributed by atoms with E-state index in [1.165, 1.54) is 26.9 Å². The van der Waals surface area contributed by atoms with Crippen LogP contribution in [0.3, 0.4) is 0 Å². The molecule has 4 heteroatoms. The number of aromatic nitrogens is 3. The Labute approximate surface area is 282 Å². The van der Waals surface area contributed by atoms with Gasteiger partial charge >= 0.3 is 0 Å². The van der Waals surface area contributed by atoms with Crippen molar-refractivity contribution in [3.05, 3.63) is 164 Å². The molecule has 0 saturated carbocycles. The molecule has 0 aliphatic heterocycles. The van der Waals surface area contributed by atoms with E-state index in [9.17, 15) is 0 Å². The quantitative estimate of drug-likeness (QED) is 0.195. The van der Waals surface area contributed by atoms with E-state index in [0.717, 1.165) is 55.1 Å². The summed E-state index contributed by atoms with van der Waals surface area (Å²) in [6.07, 6.45) is 0. The van der Waals surface area contributed by atoms with Crippen molar-refractivity contribution in [3.8, 4) is 45.3 Å². The summed E-state index contributed by atoms with van der Waals surface area (Å²) in [5, 5.41) is 9.30. The highest BCUT2D eigenvalue weighted by Crippen LogP contribution is 2.41. The molecule has 0 N–H and O–H groups in total. The molecular weight excluding hydrogens is 599 g/mol. The van der Waals surface area contributed by atoms with Crippen molar-refractivity contribution >= 4 is 54.3 Å². The first-order chi connectivity index (χ1) is 24.2. The first-order valence-corrected chi connectivity index (χ1v) is 16.4. The van der Waals surface area contributed by atoms with Crippen molar-refractivity contribution in [3.63, 3.8) is 0 Å². The highest BCUT2D eigenvalue weighted by Gasteiger charge is 2.18. The summed E-state index contributed by atoms with van der Waals surface area (Å²) in [6, 6.07) is 57.0. The lowest BCUT2D eigenvalue weighted by Gasteiger charge is -2.10. The molecule has 2 aromatic heterocycles. The molecule has 4 nitrogen and oxygen atoms in total.